The van der Waals surface area contributed by atoms with Gasteiger partial charge in [-0.15, -0.1) is 0 Å². The van der Waals surface area contributed by atoms with E-state index in [9.17, 15) is 10.2 Å². The van der Waals surface area contributed by atoms with Crippen LogP contribution in [0.25, 0.3) is 21.5 Å². The van der Waals surface area contributed by atoms with Crippen molar-refractivity contribution in [2.75, 3.05) is 0 Å². The first-order valence-corrected chi connectivity index (χ1v) is 9.69. The van der Waals surface area contributed by atoms with Crippen molar-refractivity contribution in [3.05, 3.63) is 84.6 Å². The first kappa shape index (κ1) is 18.7. The lowest BCUT2D eigenvalue weighted by molar-refractivity contribution is 0.410. The van der Waals surface area contributed by atoms with Gasteiger partial charge in [-0.05, 0) is 77.0 Å². The second-order valence-electron chi connectivity index (χ2n) is 7.22. The number of rotatable bonds is 4. The zero-order valence-electron chi connectivity index (χ0n) is 16.6. The van der Waals surface area contributed by atoms with Crippen LogP contribution in [0.15, 0.2) is 78.9 Å². The summed E-state index contributed by atoms with van der Waals surface area (Å²) in [5.41, 5.74) is 0.705. The molecule has 0 spiro atoms. The minimum Gasteiger partial charge on any atom is -0.508 e. The molecule has 1 heterocycles. The Morgan fingerprint density at radius 1 is 0.581 bits per heavy atom. The Kier molecular flexibility index (Phi) is 4.52. The predicted octanol–water partition coefficient (Wildman–Crippen LogP) is 6.09. The number of aryl methyl sites for hydroxylation is 1. The van der Waals surface area contributed by atoms with Crippen LogP contribution in [0.3, 0.4) is 0 Å². The van der Waals surface area contributed by atoms with Gasteiger partial charge in [0.05, 0.1) is 0 Å². The van der Waals surface area contributed by atoms with Gasteiger partial charge < -0.3 is 19.7 Å². The average Bonchev–Trinajstić information content (AvgIpc) is 2.73. The molecule has 0 saturated carbocycles. The lowest BCUT2D eigenvalue weighted by Crippen LogP contribution is -1.97. The minimum absolute atomic E-state index is 0.179. The van der Waals surface area contributed by atoms with Crippen molar-refractivity contribution < 1.29 is 19.7 Å². The lowest BCUT2D eigenvalue weighted by Gasteiger charge is -2.10. The molecule has 0 fully saturated rings. The zero-order chi connectivity index (χ0) is 21.4. The van der Waals surface area contributed by atoms with Crippen LogP contribution in [-0.4, -0.2) is 20.2 Å². The fraction of sp³-hybridized carbons (Fsp3) is 0.0400. The summed E-state index contributed by atoms with van der Waals surface area (Å²) >= 11 is 0. The van der Waals surface area contributed by atoms with Crippen LogP contribution < -0.4 is 9.47 Å². The van der Waals surface area contributed by atoms with Crippen molar-refractivity contribution in [1.82, 2.24) is 9.97 Å². The number of hydrogen-bond donors (Lipinski definition) is 2. The second-order valence-corrected chi connectivity index (χ2v) is 7.22. The number of benzene rings is 4. The molecule has 0 amide bonds. The van der Waals surface area contributed by atoms with Crippen LogP contribution in [0, 0.1) is 6.92 Å². The topological polar surface area (TPSA) is 84.7 Å². The summed E-state index contributed by atoms with van der Waals surface area (Å²) in [5.74, 6) is 2.01. The molecule has 0 aliphatic rings. The van der Waals surface area contributed by atoms with Crippen LogP contribution in [0.2, 0.25) is 0 Å². The number of aromatic hydroxyl groups is 2. The summed E-state index contributed by atoms with van der Waals surface area (Å²) in [7, 11) is 0. The lowest BCUT2D eigenvalue weighted by atomic mass is 10.1. The molecule has 1 aromatic heterocycles. The fourth-order valence-electron chi connectivity index (χ4n) is 3.39. The Morgan fingerprint density at radius 3 is 1.71 bits per heavy atom. The largest absolute Gasteiger partial charge is 0.508 e. The molecule has 0 unspecified atom stereocenters. The van der Waals surface area contributed by atoms with Crippen molar-refractivity contribution in [1.29, 1.82) is 0 Å². The molecule has 0 aliphatic heterocycles. The highest BCUT2D eigenvalue weighted by molar-refractivity contribution is 5.86. The third-order valence-corrected chi connectivity index (χ3v) is 4.83. The summed E-state index contributed by atoms with van der Waals surface area (Å²) in [4.78, 5) is 8.72. The van der Waals surface area contributed by atoms with Crippen LogP contribution >= 0.6 is 0 Å². The van der Waals surface area contributed by atoms with Gasteiger partial charge in [-0.2, -0.15) is 9.97 Å². The van der Waals surface area contributed by atoms with Gasteiger partial charge in [-0.1, -0.05) is 24.3 Å². The van der Waals surface area contributed by atoms with Gasteiger partial charge in [0.15, 0.2) is 0 Å². The zero-order valence-corrected chi connectivity index (χ0v) is 16.6. The van der Waals surface area contributed by atoms with Gasteiger partial charge >= 0.3 is 6.01 Å². The highest BCUT2D eigenvalue weighted by Crippen LogP contribution is 2.30. The van der Waals surface area contributed by atoms with Crippen molar-refractivity contribution in [3.63, 3.8) is 0 Å². The summed E-state index contributed by atoms with van der Waals surface area (Å²) < 4.78 is 11.8. The van der Waals surface area contributed by atoms with E-state index in [0.717, 1.165) is 21.5 Å². The monoisotopic (exact) mass is 410 g/mol. The van der Waals surface area contributed by atoms with E-state index in [1.807, 2.05) is 49.4 Å². The van der Waals surface area contributed by atoms with E-state index in [0.29, 0.717) is 23.1 Å². The van der Waals surface area contributed by atoms with Crippen LogP contribution in [0.4, 0.5) is 0 Å². The number of aromatic nitrogens is 2. The molecular formula is C25H18N2O4. The van der Waals surface area contributed by atoms with Crippen molar-refractivity contribution in [2.24, 2.45) is 0 Å². The van der Waals surface area contributed by atoms with Gasteiger partial charge in [0.25, 0.3) is 0 Å². The van der Waals surface area contributed by atoms with Gasteiger partial charge in [-0.3, -0.25) is 0 Å². The molecule has 152 valence electrons. The molecular weight excluding hydrogens is 392 g/mol. The molecule has 5 rings (SSSR count). The number of phenols is 2. The van der Waals surface area contributed by atoms with Crippen LogP contribution in [0.1, 0.15) is 5.69 Å². The normalized spacial score (nSPS) is 11.0. The summed E-state index contributed by atoms with van der Waals surface area (Å²) in [5, 5.41) is 22.9. The molecule has 0 atom stereocenters. The Morgan fingerprint density at radius 2 is 1.10 bits per heavy atom. The van der Waals surface area contributed by atoms with E-state index < -0.39 is 0 Å². The van der Waals surface area contributed by atoms with E-state index >= 15 is 0 Å². The minimum atomic E-state index is 0.179. The SMILES string of the molecule is Cc1cc(Oc2ccc3cc(O)ccc3c2)nc(Oc2ccc3cc(O)ccc3c2)n1. The summed E-state index contributed by atoms with van der Waals surface area (Å²) in [6.07, 6.45) is 0. The molecule has 2 N–H and O–H groups in total. The van der Waals surface area contributed by atoms with Crippen molar-refractivity contribution in [2.45, 2.75) is 6.92 Å². The van der Waals surface area contributed by atoms with E-state index in [1.165, 1.54) is 0 Å². The quantitative estimate of drug-likeness (QED) is 0.373. The fourth-order valence-corrected chi connectivity index (χ4v) is 3.39. The molecule has 6 nitrogen and oxygen atoms in total. The number of phenolic OH excluding ortho intramolecular Hbond substituents is 2. The van der Waals surface area contributed by atoms with Crippen molar-refractivity contribution >= 4 is 21.5 Å². The number of hydrogen-bond acceptors (Lipinski definition) is 6. The van der Waals surface area contributed by atoms with Gasteiger partial charge in [0.2, 0.25) is 5.88 Å². The van der Waals surface area contributed by atoms with E-state index in [1.54, 1.807) is 36.4 Å². The molecule has 0 aliphatic carbocycles. The second kappa shape index (κ2) is 7.50. The smallest absolute Gasteiger partial charge is 0.325 e. The molecule has 0 radical (unpaired) electrons. The Labute approximate surface area is 178 Å². The molecule has 0 saturated heterocycles. The third kappa shape index (κ3) is 4.04. The first-order valence-electron chi connectivity index (χ1n) is 9.69. The summed E-state index contributed by atoms with van der Waals surface area (Å²) in [6, 6.07) is 23.3. The maximum Gasteiger partial charge on any atom is 0.325 e. The average molecular weight is 410 g/mol. The summed E-state index contributed by atoms with van der Waals surface area (Å²) in [6.45, 7) is 1.84. The Balaban J connectivity index is 1.41. The molecule has 0 bridgehead atoms. The van der Waals surface area contributed by atoms with Gasteiger partial charge in [-0.25, -0.2) is 0 Å². The number of nitrogens with zero attached hydrogens (tertiary/aromatic N) is 2. The van der Waals surface area contributed by atoms with E-state index in [-0.39, 0.29) is 17.5 Å². The molecule has 5 aromatic rings. The Bertz CT molecular complexity index is 1330. The van der Waals surface area contributed by atoms with Crippen LogP contribution in [-0.2, 0) is 0 Å². The molecule has 4 aromatic carbocycles. The molecule has 31 heavy (non-hydrogen) atoms. The van der Waals surface area contributed by atoms with E-state index in [2.05, 4.69) is 9.97 Å². The van der Waals surface area contributed by atoms with Gasteiger partial charge in [0, 0.05) is 11.8 Å². The van der Waals surface area contributed by atoms with Crippen LogP contribution in [0.5, 0.6) is 34.9 Å². The standard InChI is InChI=1S/C25H18N2O4/c1-15-10-24(30-22-8-4-16-11-20(28)6-2-18(16)13-22)27-25(26-15)31-23-9-5-17-12-21(29)7-3-19(17)14-23/h2-14,28-29H,1H3. The predicted molar refractivity (Wildman–Crippen MR) is 118 cm³/mol. The highest BCUT2D eigenvalue weighted by Gasteiger charge is 2.09. The van der Waals surface area contributed by atoms with Gasteiger partial charge in [0.1, 0.15) is 23.0 Å². The first-order chi connectivity index (χ1) is 15.0. The third-order valence-electron chi connectivity index (χ3n) is 4.83. The maximum atomic E-state index is 9.61. The molecule has 6 heteroatoms. The number of fused-ring (bicyclic) bond motifs is 2. The highest BCUT2D eigenvalue weighted by atomic mass is 16.5. The van der Waals surface area contributed by atoms with E-state index in [4.69, 9.17) is 9.47 Å². The maximum absolute atomic E-state index is 9.61. The van der Waals surface area contributed by atoms with Crippen molar-refractivity contribution in [3.8, 4) is 34.9 Å². The Hall–Kier alpha value is -4.32. The number of ether oxygens (including phenoxy) is 2.